The molecule has 3 aliphatic heterocycles. The Morgan fingerprint density at radius 2 is 1.78 bits per heavy atom. The predicted molar refractivity (Wildman–Crippen MR) is 76.5 cm³/mol. The molecule has 18 heavy (non-hydrogen) atoms. The second kappa shape index (κ2) is 5.50. The van der Waals surface area contributed by atoms with Crippen LogP contribution in [0.1, 0.15) is 12.8 Å². The number of amides is 2. The molecule has 3 heterocycles. The molecule has 0 spiro atoms. The van der Waals surface area contributed by atoms with E-state index in [0.29, 0.717) is 17.9 Å². The molecule has 0 aromatic rings. The zero-order valence-corrected chi connectivity index (χ0v) is 12.6. The maximum Gasteiger partial charge on any atom is 0.317 e. The average molecular weight is 365 g/mol. The number of nitrogens with one attached hydrogen (secondary N) is 1. The van der Waals surface area contributed by atoms with Gasteiger partial charge in [0.05, 0.1) is 13.2 Å². The van der Waals surface area contributed by atoms with Crippen molar-refractivity contribution in [3.05, 3.63) is 0 Å². The van der Waals surface area contributed by atoms with Gasteiger partial charge in [-0.2, -0.15) is 0 Å². The van der Waals surface area contributed by atoms with Crippen LogP contribution < -0.4 is 5.32 Å². The lowest BCUT2D eigenvalue weighted by molar-refractivity contribution is 0.152. The first kappa shape index (κ1) is 12.9. The normalized spacial score (nSPS) is 33.7. The molecule has 0 aromatic heterocycles. The number of hydrogen-bond acceptors (Lipinski definition) is 3. The Kier molecular flexibility index (Phi) is 3.95. The smallest absolute Gasteiger partial charge is 0.317 e. The van der Waals surface area contributed by atoms with E-state index in [4.69, 9.17) is 4.74 Å². The van der Waals surface area contributed by atoms with Gasteiger partial charge in [0, 0.05) is 66.9 Å². The Morgan fingerprint density at radius 3 is 2.39 bits per heavy atom. The molecule has 3 saturated heterocycles. The monoisotopic (exact) mass is 365 g/mol. The number of rotatable bonds is 1. The van der Waals surface area contributed by atoms with Gasteiger partial charge < -0.3 is 15.0 Å². The molecule has 1 N–H and O–H groups in total. The highest BCUT2D eigenvalue weighted by Gasteiger charge is 2.39. The van der Waals surface area contributed by atoms with Crippen LogP contribution in [0.25, 0.3) is 0 Å². The Hall–Kier alpha value is -0.0800. The molecule has 0 saturated carbocycles. The van der Waals surface area contributed by atoms with Gasteiger partial charge in [-0.25, -0.2) is 7.91 Å². The fourth-order valence-corrected chi connectivity index (χ4v) is 3.67. The first-order valence-corrected chi connectivity index (χ1v) is 7.73. The average Bonchev–Trinajstić information content (AvgIpc) is 2.92. The second-order valence-electron chi connectivity index (χ2n) is 5.60. The van der Waals surface area contributed by atoms with E-state index in [1.807, 2.05) is 4.90 Å². The number of carbonyl (C=O) groups excluding carboxylic acids is 1. The number of piperidine rings is 1. The summed E-state index contributed by atoms with van der Waals surface area (Å²) in [5.74, 6) is 1.15. The molecule has 3 rings (SSSR count). The number of halogens is 1. The van der Waals surface area contributed by atoms with Crippen molar-refractivity contribution in [2.75, 3.05) is 39.4 Å². The van der Waals surface area contributed by atoms with E-state index >= 15 is 0 Å². The molecule has 3 aliphatic rings. The zero-order chi connectivity index (χ0) is 12.5. The summed E-state index contributed by atoms with van der Waals surface area (Å²) in [5.41, 5.74) is 0. The molecule has 0 aliphatic carbocycles. The maximum atomic E-state index is 12.2. The molecule has 5 nitrogen and oxygen atoms in total. The number of nitrogens with zero attached hydrogens (tertiary/aromatic N) is 2. The van der Waals surface area contributed by atoms with Gasteiger partial charge in [0.15, 0.2) is 0 Å². The third-order valence-corrected chi connectivity index (χ3v) is 5.26. The van der Waals surface area contributed by atoms with Crippen LogP contribution in [0, 0.1) is 11.8 Å². The Morgan fingerprint density at radius 1 is 1.17 bits per heavy atom. The first-order valence-electron chi connectivity index (χ1n) is 6.76. The van der Waals surface area contributed by atoms with Crippen molar-refractivity contribution in [3.8, 4) is 0 Å². The molecule has 2 unspecified atom stereocenters. The van der Waals surface area contributed by atoms with Crippen LogP contribution in [0.5, 0.6) is 0 Å². The summed E-state index contributed by atoms with van der Waals surface area (Å²) in [6.45, 7) is 5.57. The number of likely N-dealkylation sites (tertiary alicyclic amines) is 1. The topological polar surface area (TPSA) is 44.8 Å². The van der Waals surface area contributed by atoms with Gasteiger partial charge in [-0.05, 0) is 12.8 Å². The summed E-state index contributed by atoms with van der Waals surface area (Å²) in [6.07, 6.45) is 2.14. The summed E-state index contributed by atoms with van der Waals surface area (Å²) in [4.78, 5) is 14.2. The molecule has 2 amide bonds. The number of fused-ring (bicyclic) bond motifs is 1. The van der Waals surface area contributed by atoms with Crippen LogP contribution in [0.2, 0.25) is 0 Å². The maximum absolute atomic E-state index is 12.2. The van der Waals surface area contributed by atoms with Gasteiger partial charge in [-0.15, -0.1) is 0 Å². The Balaban J connectivity index is 1.47. The highest BCUT2D eigenvalue weighted by molar-refractivity contribution is 14.1. The summed E-state index contributed by atoms with van der Waals surface area (Å²) < 4.78 is 7.73. The highest BCUT2D eigenvalue weighted by Crippen LogP contribution is 2.29. The van der Waals surface area contributed by atoms with E-state index in [1.54, 1.807) is 0 Å². The fraction of sp³-hybridized carbons (Fsp3) is 0.917. The van der Waals surface area contributed by atoms with Gasteiger partial charge in [0.1, 0.15) is 0 Å². The molecule has 0 radical (unpaired) electrons. The summed E-state index contributed by atoms with van der Waals surface area (Å²) in [5, 5.41) is 3.19. The molecule has 0 bridgehead atoms. The van der Waals surface area contributed by atoms with Gasteiger partial charge >= 0.3 is 6.03 Å². The van der Waals surface area contributed by atoms with Crippen molar-refractivity contribution >= 4 is 28.9 Å². The third-order valence-electron chi connectivity index (χ3n) is 4.30. The van der Waals surface area contributed by atoms with Crippen LogP contribution in [-0.2, 0) is 4.74 Å². The summed E-state index contributed by atoms with van der Waals surface area (Å²) >= 11 is 2.35. The molecule has 0 aromatic carbocycles. The zero-order valence-electron chi connectivity index (χ0n) is 10.5. The van der Waals surface area contributed by atoms with Gasteiger partial charge in [-0.1, -0.05) is 0 Å². The van der Waals surface area contributed by atoms with Crippen LogP contribution in [-0.4, -0.2) is 59.5 Å². The van der Waals surface area contributed by atoms with Crippen molar-refractivity contribution in [2.45, 2.75) is 18.9 Å². The van der Waals surface area contributed by atoms with Gasteiger partial charge in [0.2, 0.25) is 0 Å². The van der Waals surface area contributed by atoms with E-state index in [1.165, 1.54) is 0 Å². The lowest BCUT2D eigenvalue weighted by Gasteiger charge is -2.29. The summed E-state index contributed by atoms with van der Waals surface area (Å²) in [6, 6.07) is 0.497. The quantitative estimate of drug-likeness (QED) is 0.559. The van der Waals surface area contributed by atoms with Crippen LogP contribution >= 0.6 is 22.9 Å². The van der Waals surface area contributed by atoms with E-state index < -0.39 is 0 Å². The molecular weight excluding hydrogens is 345 g/mol. The lowest BCUT2D eigenvalue weighted by Crippen LogP contribution is -2.47. The minimum atomic E-state index is 0.135. The highest BCUT2D eigenvalue weighted by atomic mass is 127. The largest absolute Gasteiger partial charge is 0.381 e. The minimum Gasteiger partial charge on any atom is -0.381 e. The van der Waals surface area contributed by atoms with Crippen molar-refractivity contribution in [1.82, 2.24) is 13.3 Å². The van der Waals surface area contributed by atoms with E-state index in [2.05, 4.69) is 31.3 Å². The molecule has 3 fully saturated rings. The Labute approximate surface area is 122 Å². The van der Waals surface area contributed by atoms with Crippen molar-refractivity contribution in [1.29, 1.82) is 0 Å². The minimum absolute atomic E-state index is 0.135. The predicted octanol–water partition coefficient (Wildman–Crippen LogP) is 1.09. The van der Waals surface area contributed by atoms with Crippen LogP contribution in [0.4, 0.5) is 4.79 Å². The molecule has 6 heteroatoms. The van der Waals surface area contributed by atoms with E-state index in [0.717, 1.165) is 52.2 Å². The number of urea groups is 1. The first-order chi connectivity index (χ1) is 8.72. The van der Waals surface area contributed by atoms with E-state index in [-0.39, 0.29) is 6.03 Å². The summed E-state index contributed by atoms with van der Waals surface area (Å²) in [7, 11) is 0. The second-order valence-corrected chi connectivity index (χ2v) is 6.96. The van der Waals surface area contributed by atoms with Crippen LogP contribution in [0.15, 0.2) is 0 Å². The van der Waals surface area contributed by atoms with Crippen molar-refractivity contribution in [3.63, 3.8) is 0 Å². The third kappa shape index (κ3) is 2.75. The van der Waals surface area contributed by atoms with Crippen LogP contribution in [0.3, 0.4) is 0 Å². The standard InChI is InChI=1S/C12H20IN3O2/c13-16-3-1-11(2-4-16)14-12(17)15-5-9-7-18-8-10(9)6-15/h9-11H,1-8H2,(H,14,17). The Bertz CT molecular complexity index is 308. The lowest BCUT2D eigenvalue weighted by atomic mass is 10.0. The van der Waals surface area contributed by atoms with Crippen molar-refractivity contribution < 1.29 is 9.53 Å². The van der Waals surface area contributed by atoms with Crippen molar-refractivity contribution in [2.24, 2.45) is 11.8 Å². The number of hydrogen-bond donors (Lipinski definition) is 1. The van der Waals surface area contributed by atoms with E-state index in [9.17, 15) is 4.79 Å². The fourth-order valence-electron chi connectivity index (χ4n) is 3.11. The molecular formula is C12H20IN3O2. The number of ether oxygens (including phenoxy) is 1. The molecule has 102 valence electrons. The number of carbonyl (C=O) groups is 1. The SMILES string of the molecule is O=C(NC1CCN(I)CC1)N1CC2COCC2C1. The molecule has 2 atom stereocenters. The van der Waals surface area contributed by atoms with Gasteiger partial charge in [-0.3, -0.25) is 0 Å². The van der Waals surface area contributed by atoms with Gasteiger partial charge in [0.25, 0.3) is 0 Å².